The van der Waals surface area contributed by atoms with Crippen LogP contribution < -0.4 is 5.32 Å². The molecule has 0 spiro atoms. The van der Waals surface area contributed by atoms with E-state index in [0.29, 0.717) is 18.1 Å². The van der Waals surface area contributed by atoms with Gasteiger partial charge in [0.05, 0.1) is 17.7 Å². The van der Waals surface area contributed by atoms with Crippen LogP contribution >= 0.6 is 11.6 Å². The fourth-order valence-electron chi connectivity index (χ4n) is 1.68. The predicted molar refractivity (Wildman–Crippen MR) is 84.1 cm³/mol. The van der Waals surface area contributed by atoms with Gasteiger partial charge in [0.2, 0.25) is 5.96 Å². The van der Waals surface area contributed by atoms with Gasteiger partial charge in [0.25, 0.3) is 10.0 Å². The van der Waals surface area contributed by atoms with Crippen LogP contribution in [-0.4, -0.2) is 38.7 Å². The van der Waals surface area contributed by atoms with Crippen molar-refractivity contribution >= 4 is 33.8 Å². The van der Waals surface area contributed by atoms with Gasteiger partial charge in [-0.2, -0.15) is 13.5 Å². The molecule has 1 heterocycles. The molecule has 1 aromatic rings. The van der Waals surface area contributed by atoms with Gasteiger partial charge in [-0.05, 0) is 30.7 Å². The molecule has 0 fully saturated rings. The van der Waals surface area contributed by atoms with Crippen molar-refractivity contribution in [1.29, 1.82) is 0 Å². The van der Waals surface area contributed by atoms with Crippen molar-refractivity contribution in [2.24, 2.45) is 9.50 Å². The molecule has 1 aromatic carbocycles. The molecule has 0 aliphatic carbocycles. The molecule has 0 unspecified atom stereocenters. The van der Waals surface area contributed by atoms with Gasteiger partial charge in [0, 0.05) is 11.6 Å². The highest BCUT2D eigenvalue weighted by Gasteiger charge is 2.20. The van der Waals surface area contributed by atoms with E-state index >= 15 is 0 Å². The van der Waals surface area contributed by atoms with Crippen molar-refractivity contribution in [3.8, 4) is 0 Å². The summed E-state index contributed by atoms with van der Waals surface area (Å²) < 4.78 is 28.5. The smallest absolute Gasteiger partial charge is 0.285 e. The standard InChI is InChI=1S/C13H15ClN4O2S/c1-3-15-13(18-9-10(2)8-16-18)17-21(19,20)12-6-4-5-11(14)7-12/h4-8H,2-3,9H2,1H3,(H,15,17). The molecule has 1 aliphatic rings. The third-order valence-electron chi connectivity index (χ3n) is 2.61. The summed E-state index contributed by atoms with van der Waals surface area (Å²) in [5, 5.41) is 8.74. The first-order chi connectivity index (χ1) is 9.92. The molecule has 0 bridgehead atoms. The van der Waals surface area contributed by atoms with Gasteiger partial charge in [0.1, 0.15) is 0 Å². The SMILES string of the molecule is C=C1C=NN(/C(=N/S(=O)(=O)c2cccc(Cl)c2)NCC)C1. The van der Waals surface area contributed by atoms with Crippen LogP contribution in [0.3, 0.4) is 0 Å². The molecule has 0 saturated heterocycles. The molecule has 1 aliphatic heterocycles. The zero-order chi connectivity index (χ0) is 15.5. The first kappa shape index (κ1) is 15.5. The molecular weight excluding hydrogens is 312 g/mol. The summed E-state index contributed by atoms with van der Waals surface area (Å²) in [6, 6.07) is 5.97. The minimum atomic E-state index is -3.86. The fourth-order valence-corrected chi connectivity index (χ4v) is 2.95. The molecule has 2 rings (SSSR count). The van der Waals surface area contributed by atoms with Gasteiger partial charge in [-0.15, -0.1) is 4.40 Å². The Morgan fingerprint density at radius 1 is 1.57 bits per heavy atom. The average Bonchev–Trinajstić information content (AvgIpc) is 2.85. The quantitative estimate of drug-likeness (QED) is 0.679. The maximum atomic E-state index is 12.3. The molecule has 0 amide bonds. The Morgan fingerprint density at radius 3 is 2.90 bits per heavy atom. The zero-order valence-corrected chi connectivity index (χ0v) is 13.0. The van der Waals surface area contributed by atoms with Crippen molar-refractivity contribution in [2.75, 3.05) is 13.1 Å². The fraction of sp³-hybridized carbons (Fsp3) is 0.231. The Morgan fingerprint density at radius 2 is 2.33 bits per heavy atom. The number of guanidine groups is 1. The molecule has 112 valence electrons. The summed E-state index contributed by atoms with van der Waals surface area (Å²) in [4.78, 5) is 0.0346. The number of hydrogen-bond acceptors (Lipinski definition) is 3. The summed E-state index contributed by atoms with van der Waals surface area (Å²) in [7, 11) is -3.86. The Balaban J connectivity index is 2.37. The summed E-state index contributed by atoms with van der Waals surface area (Å²) in [5.41, 5.74) is 0.778. The Bertz CT molecular complexity index is 713. The largest absolute Gasteiger partial charge is 0.354 e. The van der Waals surface area contributed by atoms with E-state index in [1.807, 2.05) is 6.92 Å². The molecule has 0 radical (unpaired) electrons. The van der Waals surface area contributed by atoms with Crippen LogP contribution in [0.15, 0.2) is 50.8 Å². The van der Waals surface area contributed by atoms with Crippen LogP contribution in [-0.2, 0) is 10.0 Å². The van der Waals surface area contributed by atoms with Gasteiger partial charge in [-0.3, -0.25) is 0 Å². The van der Waals surface area contributed by atoms with E-state index in [-0.39, 0.29) is 10.9 Å². The van der Waals surface area contributed by atoms with E-state index in [2.05, 4.69) is 21.4 Å². The molecule has 1 N–H and O–H groups in total. The first-order valence-corrected chi connectivity index (χ1v) is 8.08. The van der Waals surface area contributed by atoms with E-state index in [1.54, 1.807) is 18.3 Å². The molecule has 0 atom stereocenters. The van der Waals surface area contributed by atoms with Gasteiger partial charge in [0.15, 0.2) is 0 Å². The second-order valence-corrected chi connectivity index (χ2v) is 6.38. The van der Waals surface area contributed by atoms with Gasteiger partial charge >= 0.3 is 0 Å². The number of nitrogens with zero attached hydrogens (tertiary/aromatic N) is 3. The normalized spacial score (nSPS) is 15.6. The van der Waals surface area contributed by atoms with Crippen LogP contribution in [0.1, 0.15) is 6.92 Å². The Kier molecular flexibility index (Phi) is 4.64. The maximum absolute atomic E-state index is 12.3. The van der Waals surface area contributed by atoms with E-state index in [9.17, 15) is 8.42 Å². The summed E-state index contributed by atoms with van der Waals surface area (Å²) in [6.45, 7) is 6.53. The van der Waals surface area contributed by atoms with Crippen molar-refractivity contribution < 1.29 is 8.42 Å². The van der Waals surface area contributed by atoms with Gasteiger partial charge < -0.3 is 5.32 Å². The number of rotatable bonds is 3. The monoisotopic (exact) mass is 326 g/mol. The average molecular weight is 327 g/mol. The number of hydrazone groups is 1. The van der Waals surface area contributed by atoms with E-state index in [4.69, 9.17) is 11.6 Å². The summed E-state index contributed by atoms with van der Waals surface area (Å²) in [5.74, 6) is 0.160. The maximum Gasteiger partial charge on any atom is 0.285 e. The van der Waals surface area contributed by atoms with Crippen molar-refractivity contribution in [2.45, 2.75) is 11.8 Å². The second kappa shape index (κ2) is 6.28. The lowest BCUT2D eigenvalue weighted by Gasteiger charge is -2.16. The highest BCUT2D eigenvalue weighted by atomic mass is 35.5. The van der Waals surface area contributed by atoms with Crippen LogP contribution in [0.4, 0.5) is 0 Å². The second-order valence-electron chi connectivity index (χ2n) is 4.34. The summed E-state index contributed by atoms with van der Waals surface area (Å²) in [6.07, 6.45) is 1.57. The van der Waals surface area contributed by atoms with Crippen LogP contribution in [0.5, 0.6) is 0 Å². The Labute approximate surface area is 128 Å². The predicted octanol–water partition coefficient (Wildman–Crippen LogP) is 1.85. The van der Waals surface area contributed by atoms with E-state index < -0.39 is 10.0 Å². The molecule has 6 nitrogen and oxygen atoms in total. The first-order valence-electron chi connectivity index (χ1n) is 6.26. The minimum Gasteiger partial charge on any atom is -0.354 e. The Hall–Kier alpha value is -1.86. The third-order valence-corrected chi connectivity index (χ3v) is 4.11. The van der Waals surface area contributed by atoms with Crippen LogP contribution in [0.2, 0.25) is 5.02 Å². The molecular formula is C13H15ClN4O2S. The van der Waals surface area contributed by atoms with Crippen molar-refractivity contribution in [1.82, 2.24) is 10.3 Å². The molecule has 0 aromatic heterocycles. The minimum absolute atomic E-state index is 0.0346. The molecule has 8 heteroatoms. The number of benzene rings is 1. The van der Waals surface area contributed by atoms with Crippen molar-refractivity contribution in [3.05, 3.63) is 41.4 Å². The van der Waals surface area contributed by atoms with E-state index in [1.165, 1.54) is 17.1 Å². The highest BCUT2D eigenvalue weighted by Crippen LogP contribution is 2.18. The van der Waals surface area contributed by atoms with Crippen LogP contribution in [0.25, 0.3) is 0 Å². The van der Waals surface area contributed by atoms with E-state index in [0.717, 1.165) is 5.57 Å². The topological polar surface area (TPSA) is 74.1 Å². The van der Waals surface area contributed by atoms with Gasteiger partial charge in [-0.25, -0.2) is 5.01 Å². The lowest BCUT2D eigenvalue weighted by Crippen LogP contribution is -2.37. The lowest BCUT2D eigenvalue weighted by atomic mass is 10.3. The highest BCUT2D eigenvalue weighted by molar-refractivity contribution is 7.90. The lowest BCUT2D eigenvalue weighted by molar-refractivity contribution is 0.490. The van der Waals surface area contributed by atoms with Crippen LogP contribution in [0, 0.1) is 0 Å². The zero-order valence-electron chi connectivity index (χ0n) is 11.5. The number of nitrogens with one attached hydrogen (secondary N) is 1. The summed E-state index contributed by atoms with van der Waals surface area (Å²) >= 11 is 5.82. The van der Waals surface area contributed by atoms with Gasteiger partial charge in [-0.1, -0.05) is 24.2 Å². The number of hydrogen-bond donors (Lipinski definition) is 1. The number of halogens is 1. The molecule has 0 saturated carbocycles. The molecule has 21 heavy (non-hydrogen) atoms. The van der Waals surface area contributed by atoms with Crippen molar-refractivity contribution in [3.63, 3.8) is 0 Å². The number of sulfonamides is 1. The third kappa shape index (κ3) is 3.83.